The number of hydrogen-bond donors (Lipinski definition) is 1. The van der Waals surface area contributed by atoms with Crippen LogP contribution in [0.3, 0.4) is 0 Å². The predicted octanol–water partition coefficient (Wildman–Crippen LogP) is 4.04. The average molecular weight is 341 g/mol. The quantitative estimate of drug-likeness (QED) is 0.788. The molecule has 0 spiro atoms. The molecule has 0 aliphatic rings. The number of carbonyl (C=O) groups is 1. The lowest BCUT2D eigenvalue weighted by Gasteiger charge is -2.11. The van der Waals surface area contributed by atoms with Crippen LogP contribution in [0.1, 0.15) is 37.0 Å². The van der Waals surface area contributed by atoms with Crippen molar-refractivity contribution in [2.75, 3.05) is 7.11 Å². The summed E-state index contributed by atoms with van der Waals surface area (Å²) in [7, 11) is 1.66. The number of ether oxygens (including phenoxy) is 2. The average Bonchev–Trinajstić information content (AvgIpc) is 2.58. The predicted molar refractivity (Wildman–Crippen MR) is 100 cm³/mol. The lowest BCUT2D eigenvalue weighted by molar-refractivity contribution is -0.121. The van der Waals surface area contributed by atoms with Gasteiger partial charge in [0, 0.05) is 13.0 Å². The molecular weight excluding hydrogens is 314 g/mol. The maximum Gasteiger partial charge on any atom is 0.220 e. The molecule has 1 amide bonds. The molecule has 1 N–H and O–H groups in total. The van der Waals surface area contributed by atoms with Gasteiger partial charge >= 0.3 is 0 Å². The van der Waals surface area contributed by atoms with Crippen LogP contribution in [0, 0.1) is 6.92 Å². The van der Waals surface area contributed by atoms with E-state index < -0.39 is 0 Å². The third-order valence-electron chi connectivity index (χ3n) is 3.86. The number of aryl methyl sites for hydroxylation is 2. The monoisotopic (exact) mass is 341 g/mol. The second kappa shape index (κ2) is 9.11. The summed E-state index contributed by atoms with van der Waals surface area (Å²) in [6.07, 6.45) is 1.32. The smallest absolute Gasteiger partial charge is 0.220 e. The summed E-state index contributed by atoms with van der Waals surface area (Å²) in [4.78, 5) is 12.1. The van der Waals surface area contributed by atoms with Crippen LogP contribution < -0.4 is 14.8 Å². The first-order chi connectivity index (χ1) is 12.0. The zero-order valence-corrected chi connectivity index (χ0v) is 15.5. The summed E-state index contributed by atoms with van der Waals surface area (Å²) in [6, 6.07) is 13.8. The lowest BCUT2D eigenvalue weighted by Crippen LogP contribution is -2.23. The summed E-state index contributed by atoms with van der Waals surface area (Å²) < 4.78 is 10.9. The van der Waals surface area contributed by atoms with Crippen LogP contribution in [0.4, 0.5) is 0 Å². The maximum absolute atomic E-state index is 12.1. The van der Waals surface area contributed by atoms with Gasteiger partial charge in [-0.15, -0.1) is 0 Å². The van der Waals surface area contributed by atoms with Gasteiger partial charge < -0.3 is 14.8 Å². The Kier molecular flexibility index (Phi) is 6.87. The molecule has 0 aromatic heterocycles. The Morgan fingerprint density at radius 1 is 1.12 bits per heavy atom. The topological polar surface area (TPSA) is 47.6 Å². The summed E-state index contributed by atoms with van der Waals surface area (Å²) in [5.74, 6) is 1.75. The molecule has 0 bridgehead atoms. The zero-order valence-electron chi connectivity index (χ0n) is 15.5. The van der Waals surface area contributed by atoms with Crippen LogP contribution >= 0.6 is 0 Å². The molecule has 0 unspecified atom stereocenters. The Morgan fingerprint density at radius 3 is 2.60 bits per heavy atom. The third-order valence-corrected chi connectivity index (χ3v) is 3.86. The van der Waals surface area contributed by atoms with Crippen LogP contribution in [0.5, 0.6) is 11.5 Å². The first kappa shape index (κ1) is 18.8. The molecule has 25 heavy (non-hydrogen) atoms. The number of rotatable bonds is 8. The largest absolute Gasteiger partial charge is 0.496 e. The van der Waals surface area contributed by atoms with Crippen molar-refractivity contribution in [2.24, 2.45) is 0 Å². The minimum absolute atomic E-state index is 0.0450. The van der Waals surface area contributed by atoms with E-state index in [-0.39, 0.29) is 12.0 Å². The summed E-state index contributed by atoms with van der Waals surface area (Å²) in [6.45, 7) is 6.51. The lowest BCUT2D eigenvalue weighted by atomic mass is 10.1. The normalized spacial score (nSPS) is 10.6. The molecular formula is C21H27NO3. The van der Waals surface area contributed by atoms with E-state index >= 15 is 0 Å². The van der Waals surface area contributed by atoms with Gasteiger partial charge in [-0.1, -0.05) is 24.3 Å². The first-order valence-electron chi connectivity index (χ1n) is 8.63. The first-order valence-corrected chi connectivity index (χ1v) is 8.63. The highest BCUT2D eigenvalue weighted by atomic mass is 16.5. The molecule has 0 heterocycles. The Labute approximate surface area is 150 Å². The van der Waals surface area contributed by atoms with Crippen LogP contribution in [0.25, 0.3) is 0 Å². The van der Waals surface area contributed by atoms with Crippen molar-refractivity contribution in [1.29, 1.82) is 0 Å². The van der Waals surface area contributed by atoms with Crippen molar-refractivity contribution in [3.8, 4) is 11.5 Å². The SMILES string of the molecule is COc1ccc(CCC(=O)NCc2cccc(OC(C)C)c2)cc1C. The summed E-state index contributed by atoms with van der Waals surface area (Å²) in [5.41, 5.74) is 3.26. The Morgan fingerprint density at radius 2 is 1.92 bits per heavy atom. The zero-order chi connectivity index (χ0) is 18.2. The van der Waals surface area contributed by atoms with Gasteiger partial charge in [0.25, 0.3) is 0 Å². The highest BCUT2D eigenvalue weighted by molar-refractivity contribution is 5.76. The number of nitrogens with one attached hydrogen (secondary N) is 1. The van der Waals surface area contributed by atoms with Gasteiger partial charge in [0.15, 0.2) is 0 Å². The second-order valence-electron chi connectivity index (χ2n) is 6.39. The van der Waals surface area contributed by atoms with Crippen molar-refractivity contribution < 1.29 is 14.3 Å². The Bertz CT molecular complexity index is 710. The fraction of sp³-hybridized carbons (Fsp3) is 0.381. The molecule has 0 saturated carbocycles. The summed E-state index contributed by atoms with van der Waals surface area (Å²) in [5, 5.41) is 2.97. The Balaban J connectivity index is 1.82. The second-order valence-corrected chi connectivity index (χ2v) is 6.39. The van der Waals surface area contributed by atoms with Crippen molar-refractivity contribution in [3.05, 3.63) is 59.2 Å². The highest BCUT2D eigenvalue weighted by Gasteiger charge is 2.06. The molecule has 0 atom stereocenters. The highest BCUT2D eigenvalue weighted by Crippen LogP contribution is 2.19. The van der Waals surface area contributed by atoms with Crippen LogP contribution in [-0.4, -0.2) is 19.1 Å². The molecule has 0 radical (unpaired) electrons. The minimum Gasteiger partial charge on any atom is -0.496 e. The number of amides is 1. The van der Waals surface area contributed by atoms with Gasteiger partial charge in [-0.2, -0.15) is 0 Å². The number of carbonyl (C=O) groups excluding carboxylic acids is 1. The van der Waals surface area contributed by atoms with Crippen molar-refractivity contribution >= 4 is 5.91 Å². The van der Waals surface area contributed by atoms with Crippen molar-refractivity contribution in [3.63, 3.8) is 0 Å². The van der Waals surface area contributed by atoms with E-state index in [1.807, 2.05) is 57.2 Å². The third kappa shape index (κ3) is 6.14. The van der Waals surface area contributed by atoms with Crippen LogP contribution in [0.15, 0.2) is 42.5 Å². The fourth-order valence-corrected chi connectivity index (χ4v) is 2.64. The molecule has 4 nitrogen and oxygen atoms in total. The molecule has 134 valence electrons. The maximum atomic E-state index is 12.1. The van der Waals surface area contributed by atoms with E-state index in [2.05, 4.69) is 11.4 Å². The molecule has 4 heteroatoms. The van der Waals surface area contributed by atoms with E-state index in [4.69, 9.17) is 9.47 Å². The van der Waals surface area contributed by atoms with Crippen molar-refractivity contribution in [2.45, 2.75) is 46.3 Å². The number of benzene rings is 2. The van der Waals surface area contributed by atoms with Gasteiger partial charge in [-0.25, -0.2) is 0 Å². The standard InChI is InChI=1S/C21H27NO3/c1-15(2)25-19-7-5-6-18(13-19)14-22-21(23)11-9-17-8-10-20(24-4)16(3)12-17/h5-8,10,12-13,15H,9,11,14H2,1-4H3,(H,22,23). The van der Waals surface area contributed by atoms with Gasteiger partial charge in [0.1, 0.15) is 11.5 Å². The summed E-state index contributed by atoms with van der Waals surface area (Å²) >= 11 is 0. The van der Waals surface area contributed by atoms with E-state index in [0.717, 1.165) is 28.2 Å². The molecule has 0 saturated heterocycles. The number of hydrogen-bond acceptors (Lipinski definition) is 3. The molecule has 2 aromatic rings. The molecule has 2 rings (SSSR count). The van der Waals surface area contributed by atoms with E-state index in [9.17, 15) is 4.79 Å². The van der Waals surface area contributed by atoms with Crippen LogP contribution in [0.2, 0.25) is 0 Å². The van der Waals surface area contributed by atoms with E-state index in [1.54, 1.807) is 7.11 Å². The van der Waals surface area contributed by atoms with Crippen molar-refractivity contribution in [1.82, 2.24) is 5.32 Å². The van der Waals surface area contributed by atoms with E-state index in [1.165, 1.54) is 0 Å². The van der Waals surface area contributed by atoms with Gasteiger partial charge in [0.2, 0.25) is 5.91 Å². The molecule has 2 aromatic carbocycles. The van der Waals surface area contributed by atoms with Gasteiger partial charge in [-0.05, 0) is 62.1 Å². The fourth-order valence-electron chi connectivity index (χ4n) is 2.64. The van der Waals surface area contributed by atoms with Crippen LogP contribution in [-0.2, 0) is 17.8 Å². The molecule has 0 aliphatic carbocycles. The van der Waals surface area contributed by atoms with E-state index in [0.29, 0.717) is 19.4 Å². The number of methoxy groups -OCH3 is 1. The molecule has 0 fully saturated rings. The molecule has 0 aliphatic heterocycles. The minimum atomic E-state index is 0.0450. The van der Waals surface area contributed by atoms with Gasteiger partial charge in [0.05, 0.1) is 13.2 Å². The van der Waals surface area contributed by atoms with Gasteiger partial charge in [-0.3, -0.25) is 4.79 Å². The Hall–Kier alpha value is -2.49.